The number of hydrogen-bond acceptors (Lipinski definition) is 4. The van der Waals surface area contributed by atoms with E-state index in [-0.39, 0.29) is 0 Å². The quantitative estimate of drug-likeness (QED) is 0.689. The van der Waals surface area contributed by atoms with Gasteiger partial charge < -0.3 is 10.1 Å². The first kappa shape index (κ1) is 15.6. The van der Waals surface area contributed by atoms with Crippen molar-refractivity contribution in [1.82, 2.24) is 4.98 Å². The Morgan fingerprint density at radius 1 is 0.957 bits per heavy atom. The molecule has 3 rings (SSSR count). The molecule has 3 aromatic rings. The van der Waals surface area contributed by atoms with E-state index in [1.807, 2.05) is 24.3 Å². The Morgan fingerprint density at radius 2 is 1.61 bits per heavy atom. The van der Waals surface area contributed by atoms with Crippen LogP contribution in [0.25, 0.3) is 11.3 Å². The van der Waals surface area contributed by atoms with E-state index in [1.54, 1.807) is 18.4 Å². The van der Waals surface area contributed by atoms with E-state index in [0.717, 1.165) is 27.8 Å². The molecule has 0 spiro atoms. The van der Waals surface area contributed by atoms with E-state index in [0.29, 0.717) is 0 Å². The van der Waals surface area contributed by atoms with Crippen molar-refractivity contribution in [2.45, 2.75) is 20.8 Å². The van der Waals surface area contributed by atoms with Gasteiger partial charge in [-0.2, -0.15) is 0 Å². The molecule has 0 fully saturated rings. The van der Waals surface area contributed by atoms with Crippen LogP contribution in [0.2, 0.25) is 0 Å². The van der Waals surface area contributed by atoms with Gasteiger partial charge in [0, 0.05) is 16.1 Å². The first-order valence-corrected chi connectivity index (χ1v) is 8.35. The third-order valence-electron chi connectivity index (χ3n) is 3.87. The summed E-state index contributed by atoms with van der Waals surface area (Å²) in [5.41, 5.74) is 5.72. The highest BCUT2D eigenvalue weighted by Crippen LogP contribution is 2.34. The molecule has 0 unspecified atom stereocenters. The van der Waals surface area contributed by atoms with Gasteiger partial charge in [-0.15, -0.1) is 11.3 Å². The molecule has 0 radical (unpaired) electrons. The minimum absolute atomic E-state index is 0.857. The van der Waals surface area contributed by atoms with E-state index >= 15 is 0 Å². The van der Waals surface area contributed by atoms with Crippen molar-refractivity contribution in [2.24, 2.45) is 0 Å². The average Bonchev–Trinajstić information content (AvgIpc) is 2.92. The fourth-order valence-electron chi connectivity index (χ4n) is 2.59. The van der Waals surface area contributed by atoms with Crippen LogP contribution in [0, 0.1) is 20.8 Å². The first-order chi connectivity index (χ1) is 11.1. The molecule has 23 heavy (non-hydrogen) atoms. The first-order valence-electron chi connectivity index (χ1n) is 7.53. The maximum Gasteiger partial charge on any atom is 0.187 e. The molecule has 0 bridgehead atoms. The summed E-state index contributed by atoms with van der Waals surface area (Å²) in [5.74, 6) is 0.857. The minimum Gasteiger partial charge on any atom is -0.497 e. The Bertz CT molecular complexity index is 802. The summed E-state index contributed by atoms with van der Waals surface area (Å²) >= 11 is 1.68. The summed E-state index contributed by atoms with van der Waals surface area (Å²) in [6.07, 6.45) is 0. The van der Waals surface area contributed by atoms with Gasteiger partial charge in [-0.25, -0.2) is 4.98 Å². The number of thiazole rings is 1. The van der Waals surface area contributed by atoms with Crippen LogP contribution in [0.4, 0.5) is 10.8 Å². The Kier molecular flexibility index (Phi) is 4.35. The smallest absolute Gasteiger partial charge is 0.187 e. The molecule has 3 nitrogen and oxygen atoms in total. The van der Waals surface area contributed by atoms with Crippen LogP contribution in [0.15, 0.2) is 42.5 Å². The number of nitrogens with one attached hydrogen (secondary N) is 1. The lowest BCUT2D eigenvalue weighted by Crippen LogP contribution is -1.95. The Morgan fingerprint density at radius 3 is 2.22 bits per heavy atom. The molecule has 118 valence electrons. The van der Waals surface area contributed by atoms with Gasteiger partial charge >= 0.3 is 0 Å². The zero-order chi connectivity index (χ0) is 16.4. The van der Waals surface area contributed by atoms with E-state index in [4.69, 9.17) is 9.72 Å². The molecule has 2 aromatic carbocycles. The highest BCUT2D eigenvalue weighted by molar-refractivity contribution is 7.16. The van der Waals surface area contributed by atoms with Crippen molar-refractivity contribution in [1.29, 1.82) is 0 Å². The van der Waals surface area contributed by atoms with E-state index in [1.165, 1.54) is 16.0 Å². The maximum absolute atomic E-state index is 5.22. The van der Waals surface area contributed by atoms with Crippen molar-refractivity contribution in [2.75, 3.05) is 12.4 Å². The molecule has 1 aromatic heterocycles. The van der Waals surface area contributed by atoms with Crippen LogP contribution in [0.5, 0.6) is 5.75 Å². The zero-order valence-electron chi connectivity index (χ0n) is 13.8. The molecular weight excluding hydrogens is 304 g/mol. The lowest BCUT2D eigenvalue weighted by atomic mass is 10.1. The van der Waals surface area contributed by atoms with Gasteiger partial charge in [-0.1, -0.05) is 18.2 Å². The standard InChI is InChI=1S/C19H20N2OS/c1-12-6-5-7-13(2)17(12)20-19-21-18(14(3)23-19)15-8-10-16(22-4)11-9-15/h5-11H,1-4H3,(H,20,21). The number of methoxy groups -OCH3 is 1. The van der Waals surface area contributed by atoms with Crippen LogP contribution < -0.4 is 10.1 Å². The molecule has 4 heteroatoms. The molecule has 0 saturated carbocycles. The number of anilines is 2. The van der Waals surface area contributed by atoms with Crippen LogP contribution in [-0.2, 0) is 0 Å². The number of hydrogen-bond donors (Lipinski definition) is 1. The summed E-state index contributed by atoms with van der Waals surface area (Å²) in [6.45, 7) is 6.33. The van der Waals surface area contributed by atoms with Crippen LogP contribution >= 0.6 is 11.3 Å². The molecular formula is C19H20N2OS. The third kappa shape index (κ3) is 3.22. The van der Waals surface area contributed by atoms with Gasteiger partial charge in [0.25, 0.3) is 0 Å². The number of nitrogens with zero attached hydrogens (tertiary/aromatic N) is 1. The molecule has 1 N–H and O–H groups in total. The Labute approximate surface area is 141 Å². The van der Waals surface area contributed by atoms with Gasteiger partial charge in [0.15, 0.2) is 5.13 Å². The summed E-state index contributed by atoms with van der Waals surface area (Å²) in [7, 11) is 1.68. The van der Waals surface area contributed by atoms with Crippen LogP contribution in [0.3, 0.4) is 0 Å². The van der Waals surface area contributed by atoms with E-state index in [9.17, 15) is 0 Å². The number of aromatic nitrogens is 1. The highest BCUT2D eigenvalue weighted by atomic mass is 32.1. The van der Waals surface area contributed by atoms with Crippen molar-refractivity contribution < 1.29 is 4.74 Å². The Hall–Kier alpha value is -2.33. The van der Waals surface area contributed by atoms with Gasteiger partial charge in [-0.3, -0.25) is 0 Å². The van der Waals surface area contributed by atoms with Gasteiger partial charge in [-0.05, 0) is 56.2 Å². The monoisotopic (exact) mass is 324 g/mol. The van der Waals surface area contributed by atoms with Crippen molar-refractivity contribution in [3.63, 3.8) is 0 Å². The van der Waals surface area contributed by atoms with Crippen molar-refractivity contribution in [3.8, 4) is 17.0 Å². The Balaban J connectivity index is 1.91. The predicted molar refractivity (Wildman–Crippen MR) is 98.0 cm³/mol. The number of aryl methyl sites for hydroxylation is 3. The van der Waals surface area contributed by atoms with Crippen molar-refractivity contribution in [3.05, 3.63) is 58.5 Å². The summed E-state index contributed by atoms with van der Waals surface area (Å²) in [5, 5.41) is 4.40. The average molecular weight is 324 g/mol. The van der Waals surface area contributed by atoms with Crippen LogP contribution in [-0.4, -0.2) is 12.1 Å². The normalized spacial score (nSPS) is 10.6. The van der Waals surface area contributed by atoms with Gasteiger partial charge in [0.05, 0.1) is 12.8 Å². The fraction of sp³-hybridized carbons (Fsp3) is 0.211. The molecule has 0 saturated heterocycles. The van der Waals surface area contributed by atoms with Crippen molar-refractivity contribution >= 4 is 22.2 Å². The molecule has 0 aliphatic rings. The zero-order valence-corrected chi connectivity index (χ0v) is 14.6. The highest BCUT2D eigenvalue weighted by Gasteiger charge is 2.11. The molecule has 0 aliphatic heterocycles. The molecule has 0 aliphatic carbocycles. The predicted octanol–water partition coefficient (Wildman–Crippen LogP) is 5.49. The largest absolute Gasteiger partial charge is 0.497 e. The lowest BCUT2D eigenvalue weighted by molar-refractivity contribution is 0.415. The molecule has 0 amide bonds. The number of rotatable bonds is 4. The van der Waals surface area contributed by atoms with Gasteiger partial charge in [0.1, 0.15) is 5.75 Å². The molecule has 0 atom stereocenters. The number of para-hydroxylation sites is 1. The van der Waals surface area contributed by atoms with E-state index in [2.05, 4.69) is 44.3 Å². The third-order valence-corrected chi connectivity index (χ3v) is 4.76. The van der Waals surface area contributed by atoms with Crippen LogP contribution in [0.1, 0.15) is 16.0 Å². The molecule has 1 heterocycles. The SMILES string of the molecule is COc1ccc(-c2nc(Nc3c(C)cccc3C)sc2C)cc1. The van der Waals surface area contributed by atoms with Gasteiger partial charge in [0.2, 0.25) is 0 Å². The topological polar surface area (TPSA) is 34.1 Å². The number of benzene rings is 2. The second kappa shape index (κ2) is 6.42. The second-order valence-corrected chi connectivity index (χ2v) is 6.75. The summed E-state index contributed by atoms with van der Waals surface area (Å²) in [6, 6.07) is 14.3. The number of ether oxygens (including phenoxy) is 1. The summed E-state index contributed by atoms with van der Waals surface area (Å²) < 4.78 is 5.22. The summed E-state index contributed by atoms with van der Waals surface area (Å²) in [4.78, 5) is 5.98. The maximum atomic E-state index is 5.22. The second-order valence-electron chi connectivity index (χ2n) is 5.54. The fourth-order valence-corrected chi connectivity index (χ4v) is 3.43. The van der Waals surface area contributed by atoms with E-state index < -0.39 is 0 Å². The lowest BCUT2D eigenvalue weighted by Gasteiger charge is -2.09. The minimum atomic E-state index is 0.857.